The molecule has 2 heterocycles. The van der Waals surface area contributed by atoms with E-state index in [2.05, 4.69) is 15.3 Å². The average Bonchev–Trinajstić information content (AvgIpc) is 2.65. The molecule has 8 heteroatoms. The van der Waals surface area contributed by atoms with Crippen LogP contribution in [0.25, 0.3) is 0 Å². The van der Waals surface area contributed by atoms with Gasteiger partial charge in [0.15, 0.2) is 0 Å². The molecule has 0 saturated carbocycles. The highest BCUT2D eigenvalue weighted by Crippen LogP contribution is 2.02. The van der Waals surface area contributed by atoms with Crippen LogP contribution in [0.2, 0.25) is 0 Å². The first-order valence-corrected chi connectivity index (χ1v) is 8.04. The van der Waals surface area contributed by atoms with Crippen LogP contribution in [-0.4, -0.2) is 47.6 Å². The van der Waals surface area contributed by atoms with E-state index < -0.39 is 17.8 Å². The summed E-state index contributed by atoms with van der Waals surface area (Å²) in [6.07, 6.45) is 0. The lowest BCUT2D eigenvalue weighted by Gasteiger charge is -2.07. The zero-order chi connectivity index (χ0) is 18.9. The molecule has 0 unspecified atom stereocenters. The van der Waals surface area contributed by atoms with Crippen molar-refractivity contribution in [3.63, 3.8) is 0 Å². The molecule has 8 nitrogen and oxygen atoms in total. The van der Waals surface area contributed by atoms with Crippen LogP contribution in [0.3, 0.4) is 0 Å². The Hall–Kier alpha value is -3.29. The van der Waals surface area contributed by atoms with Gasteiger partial charge in [0.25, 0.3) is 5.91 Å². The molecule has 1 amide bonds. The Morgan fingerprint density at radius 1 is 0.923 bits per heavy atom. The van der Waals surface area contributed by atoms with Crippen molar-refractivity contribution in [2.24, 2.45) is 0 Å². The zero-order valence-corrected chi connectivity index (χ0v) is 14.5. The first-order chi connectivity index (χ1) is 12.5. The van der Waals surface area contributed by atoms with Crippen LogP contribution < -0.4 is 5.32 Å². The molecular formula is C18H19N3O5. The number of aromatic nitrogens is 2. The summed E-state index contributed by atoms with van der Waals surface area (Å²) in [4.78, 5) is 43.5. The average molecular weight is 357 g/mol. The molecule has 0 aromatic carbocycles. The summed E-state index contributed by atoms with van der Waals surface area (Å²) in [7, 11) is 0. The SMILES string of the molecule is CCOC(=O)c1cccc(C(=O)NCCOC(=O)c2cccc(C)n2)n1. The van der Waals surface area contributed by atoms with Crippen LogP contribution in [0.4, 0.5) is 0 Å². The first-order valence-electron chi connectivity index (χ1n) is 8.04. The Bertz CT molecular complexity index is 807. The van der Waals surface area contributed by atoms with Crippen molar-refractivity contribution in [2.75, 3.05) is 19.8 Å². The number of carbonyl (C=O) groups excluding carboxylic acids is 3. The third-order valence-electron chi connectivity index (χ3n) is 3.18. The van der Waals surface area contributed by atoms with Crippen LogP contribution in [-0.2, 0) is 9.47 Å². The Morgan fingerprint density at radius 2 is 1.54 bits per heavy atom. The minimum absolute atomic E-state index is 0.0161. The number of amides is 1. The second kappa shape index (κ2) is 9.26. The van der Waals surface area contributed by atoms with Gasteiger partial charge in [0.1, 0.15) is 23.7 Å². The lowest BCUT2D eigenvalue weighted by Crippen LogP contribution is -2.29. The highest BCUT2D eigenvalue weighted by molar-refractivity contribution is 5.94. The smallest absolute Gasteiger partial charge is 0.356 e. The van der Waals surface area contributed by atoms with Crippen LogP contribution in [0.5, 0.6) is 0 Å². The number of nitrogens with one attached hydrogen (secondary N) is 1. The fraction of sp³-hybridized carbons (Fsp3) is 0.278. The van der Waals surface area contributed by atoms with Crippen LogP contribution in [0.1, 0.15) is 44.1 Å². The predicted octanol–water partition coefficient (Wildman–Crippen LogP) is 1.55. The minimum atomic E-state index is -0.596. The van der Waals surface area contributed by atoms with Crippen molar-refractivity contribution in [3.8, 4) is 0 Å². The molecule has 0 bridgehead atoms. The monoisotopic (exact) mass is 357 g/mol. The lowest BCUT2D eigenvalue weighted by molar-refractivity contribution is 0.0492. The van der Waals surface area contributed by atoms with Crippen molar-refractivity contribution in [3.05, 3.63) is 59.2 Å². The molecule has 136 valence electrons. The van der Waals surface area contributed by atoms with Crippen molar-refractivity contribution in [1.82, 2.24) is 15.3 Å². The number of ether oxygens (including phenoxy) is 2. The quantitative estimate of drug-likeness (QED) is 0.591. The first kappa shape index (κ1) is 19.0. The van der Waals surface area contributed by atoms with Gasteiger partial charge in [-0.15, -0.1) is 0 Å². The van der Waals surface area contributed by atoms with Crippen molar-refractivity contribution in [1.29, 1.82) is 0 Å². The molecule has 2 aromatic heterocycles. The highest BCUT2D eigenvalue weighted by atomic mass is 16.5. The van der Waals surface area contributed by atoms with Crippen molar-refractivity contribution < 1.29 is 23.9 Å². The van der Waals surface area contributed by atoms with E-state index in [0.717, 1.165) is 0 Å². The van der Waals surface area contributed by atoms with E-state index in [1.807, 2.05) is 0 Å². The second-order valence-corrected chi connectivity index (χ2v) is 5.18. The molecular weight excluding hydrogens is 338 g/mol. The van der Waals surface area contributed by atoms with Gasteiger partial charge in [-0.3, -0.25) is 4.79 Å². The summed E-state index contributed by atoms with van der Waals surface area (Å²) < 4.78 is 9.89. The number of hydrogen-bond acceptors (Lipinski definition) is 7. The number of aryl methyl sites for hydroxylation is 1. The zero-order valence-electron chi connectivity index (χ0n) is 14.5. The van der Waals surface area contributed by atoms with Gasteiger partial charge in [0.05, 0.1) is 13.2 Å². The maximum atomic E-state index is 12.1. The van der Waals surface area contributed by atoms with Gasteiger partial charge >= 0.3 is 11.9 Å². The van der Waals surface area contributed by atoms with Crippen LogP contribution >= 0.6 is 0 Å². The third-order valence-corrected chi connectivity index (χ3v) is 3.18. The maximum Gasteiger partial charge on any atom is 0.356 e. The van der Waals surface area contributed by atoms with Gasteiger partial charge in [-0.05, 0) is 38.1 Å². The number of esters is 2. The Morgan fingerprint density at radius 3 is 2.23 bits per heavy atom. The highest BCUT2D eigenvalue weighted by Gasteiger charge is 2.13. The normalized spacial score (nSPS) is 10.1. The largest absolute Gasteiger partial charge is 0.461 e. The van der Waals surface area contributed by atoms with E-state index in [-0.39, 0.29) is 36.8 Å². The van der Waals surface area contributed by atoms with Crippen molar-refractivity contribution in [2.45, 2.75) is 13.8 Å². The molecule has 0 saturated heterocycles. The van der Waals surface area contributed by atoms with Crippen LogP contribution in [0, 0.1) is 6.92 Å². The van der Waals surface area contributed by atoms with E-state index in [4.69, 9.17) is 9.47 Å². The Kier molecular flexibility index (Phi) is 6.78. The molecule has 26 heavy (non-hydrogen) atoms. The van der Waals surface area contributed by atoms with Gasteiger partial charge < -0.3 is 14.8 Å². The Labute approximate surface area is 150 Å². The third kappa shape index (κ3) is 5.37. The van der Waals surface area contributed by atoms with E-state index in [0.29, 0.717) is 5.69 Å². The summed E-state index contributed by atoms with van der Waals surface area (Å²) in [5, 5.41) is 2.56. The van der Waals surface area contributed by atoms with E-state index >= 15 is 0 Å². The molecule has 0 fully saturated rings. The molecule has 0 aliphatic rings. The topological polar surface area (TPSA) is 107 Å². The van der Waals surface area contributed by atoms with Crippen LogP contribution in [0.15, 0.2) is 36.4 Å². The molecule has 0 radical (unpaired) electrons. The standard InChI is InChI=1S/C18H19N3O5/c1-3-25-17(23)15-9-5-7-13(21-15)16(22)19-10-11-26-18(24)14-8-4-6-12(2)20-14/h4-9H,3,10-11H2,1-2H3,(H,19,22). The molecule has 0 spiro atoms. The van der Waals surface area contributed by atoms with E-state index in [1.165, 1.54) is 18.2 Å². The van der Waals surface area contributed by atoms with Gasteiger partial charge in [0, 0.05) is 5.69 Å². The van der Waals surface area contributed by atoms with Crippen molar-refractivity contribution >= 4 is 17.8 Å². The molecule has 1 N–H and O–H groups in total. The van der Waals surface area contributed by atoms with E-state index in [9.17, 15) is 14.4 Å². The van der Waals surface area contributed by atoms with Gasteiger partial charge in [-0.25, -0.2) is 19.6 Å². The predicted molar refractivity (Wildman–Crippen MR) is 91.8 cm³/mol. The number of pyridine rings is 2. The number of hydrogen-bond donors (Lipinski definition) is 1. The van der Waals surface area contributed by atoms with E-state index in [1.54, 1.807) is 32.0 Å². The molecule has 2 rings (SSSR count). The molecule has 0 atom stereocenters. The molecule has 0 aliphatic carbocycles. The number of rotatable bonds is 7. The number of carbonyl (C=O) groups is 3. The summed E-state index contributed by atoms with van der Waals surface area (Å²) in [6.45, 7) is 3.76. The summed E-state index contributed by atoms with van der Waals surface area (Å²) in [5.41, 5.74) is 1.04. The molecule has 2 aromatic rings. The second-order valence-electron chi connectivity index (χ2n) is 5.18. The summed E-state index contributed by atoms with van der Waals surface area (Å²) >= 11 is 0. The van der Waals surface area contributed by atoms with Gasteiger partial charge in [0.2, 0.25) is 0 Å². The summed E-state index contributed by atoms with van der Waals surface area (Å²) in [6, 6.07) is 9.51. The summed E-state index contributed by atoms with van der Waals surface area (Å²) in [5.74, 6) is -1.65. The Balaban J connectivity index is 1.82. The molecule has 0 aliphatic heterocycles. The van der Waals surface area contributed by atoms with Gasteiger partial charge in [-0.2, -0.15) is 0 Å². The maximum absolute atomic E-state index is 12.1. The minimum Gasteiger partial charge on any atom is -0.461 e. The van der Waals surface area contributed by atoms with Gasteiger partial charge in [-0.1, -0.05) is 12.1 Å². The lowest BCUT2D eigenvalue weighted by atomic mass is 10.3. The number of nitrogens with zero attached hydrogens (tertiary/aromatic N) is 2. The fourth-order valence-electron chi connectivity index (χ4n) is 2.01. The fourth-order valence-corrected chi connectivity index (χ4v) is 2.01.